The molecule has 0 saturated heterocycles. The first-order valence-electron chi connectivity index (χ1n) is 7.52. The Balaban J connectivity index is 2.01. The molecule has 2 aromatic carbocycles. The van der Waals surface area contributed by atoms with E-state index in [0.717, 1.165) is 6.54 Å². The van der Waals surface area contributed by atoms with E-state index in [0.29, 0.717) is 0 Å². The van der Waals surface area contributed by atoms with Crippen LogP contribution in [0, 0.1) is 0 Å². The van der Waals surface area contributed by atoms with Crippen molar-refractivity contribution in [1.29, 1.82) is 0 Å². The third kappa shape index (κ3) is 2.45. The SMILES string of the molecule is CC(C)(C)c1ccc(-c2cccc3c2CCCN3)cc1. The minimum atomic E-state index is 0.218. The molecular formula is C19H23N. The van der Waals surface area contributed by atoms with Crippen molar-refractivity contribution < 1.29 is 0 Å². The highest BCUT2D eigenvalue weighted by atomic mass is 14.9. The van der Waals surface area contributed by atoms with Gasteiger partial charge in [-0.25, -0.2) is 0 Å². The summed E-state index contributed by atoms with van der Waals surface area (Å²) in [7, 11) is 0. The zero-order valence-electron chi connectivity index (χ0n) is 12.7. The number of nitrogens with one attached hydrogen (secondary N) is 1. The van der Waals surface area contributed by atoms with Gasteiger partial charge in [0, 0.05) is 12.2 Å². The maximum atomic E-state index is 3.51. The summed E-state index contributed by atoms with van der Waals surface area (Å²) in [6.45, 7) is 7.88. The first-order chi connectivity index (χ1) is 9.55. The first-order valence-corrected chi connectivity index (χ1v) is 7.52. The van der Waals surface area contributed by atoms with Crippen LogP contribution >= 0.6 is 0 Å². The molecule has 0 fully saturated rings. The van der Waals surface area contributed by atoms with E-state index in [2.05, 4.69) is 68.6 Å². The Morgan fingerprint density at radius 2 is 1.70 bits per heavy atom. The number of rotatable bonds is 1. The van der Waals surface area contributed by atoms with Gasteiger partial charge in [0.25, 0.3) is 0 Å². The second-order valence-corrected chi connectivity index (χ2v) is 6.69. The molecule has 0 amide bonds. The van der Waals surface area contributed by atoms with Crippen LogP contribution in [0.25, 0.3) is 11.1 Å². The van der Waals surface area contributed by atoms with E-state index in [1.807, 2.05) is 0 Å². The maximum Gasteiger partial charge on any atom is 0.0378 e. The van der Waals surface area contributed by atoms with Crippen molar-refractivity contribution in [3.05, 3.63) is 53.6 Å². The molecule has 0 saturated carbocycles. The Labute approximate surface area is 122 Å². The lowest BCUT2D eigenvalue weighted by molar-refractivity contribution is 0.590. The molecule has 0 unspecified atom stereocenters. The van der Waals surface area contributed by atoms with Crippen LogP contribution < -0.4 is 5.32 Å². The lowest BCUT2D eigenvalue weighted by Gasteiger charge is -2.22. The summed E-state index contributed by atoms with van der Waals surface area (Å²) in [5.41, 5.74) is 7.12. The molecule has 1 aliphatic heterocycles. The molecule has 0 bridgehead atoms. The van der Waals surface area contributed by atoms with Crippen LogP contribution in [0.1, 0.15) is 38.3 Å². The standard InChI is InChI=1S/C19H23N/c1-19(2,3)15-11-9-14(10-12-15)16-6-4-8-18-17(16)7-5-13-20-18/h4,6,8-12,20H,5,7,13H2,1-3H3. The number of hydrogen-bond acceptors (Lipinski definition) is 1. The highest BCUT2D eigenvalue weighted by molar-refractivity contribution is 5.75. The van der Waals surface area contributed by atoms with Gasteiger partial charge < -0.3 is 5.32 Å². The zero-order valence-corrected chi connectivity index (χ0v) is 12.7. The third-order valence-electron chi connectivity index (χ3n) is 4.16. The summed E-state index contributed by atoms with van der Waals surface area (Å²) in [5, 5.41) is 3.51. The van der Waals surface area contributed by atoms with Crippen LogP contribution in [0.15, 0.2) is 42.5 Å². The monoisotopic (exact) mass is 265 g/mol. The van der Waals surface area contributed by atoms with E-state index < -0.39 is 0 Å². The van der Waals surface area contributed by atoms with Crippen molar-refractivity contribution in [2.24, 2.45) is 0 Å². The van der Waals surface area contributed by atoms with Gasteiger partial charge in [-0.15, -0.1) is 0 Å². The predicted molar refractivity (Wildman–Crippen MR) is 87.4 cm³/mol. The second kappa shape index (κ2) is 4.97. The van der Waals surface area contributed by atoms with Gasteiger partial charge in [-0.05, 0) is 46.6 Å². The Morgan fingerprint density at radius 1 is 0.950 bits per heavy atom. The van der Waals surface area contributed by atoms with Crippen LogP contribution in [-0.2, 0) is 11.8 Å². The molecule has 20 heavy (non-hydrogen) atoms. The molecule has 2 aromatic rings. The molecule has 0 radical (unpaired) electrons. The number of anilines is 1. The third-order valence-corrected chi connectivity index (χ3v) is 4.16. The number of fused-ring (bicyclic) bond motifs is 1. The summed E-state index contributed by atoms with van der Waals surface area (Å²) in [6, 6.07) is 15.7. The number of benzene rings is 2. The topological polar surface area (TPSA) is 12.0 Å². The highest BCUT2D eigenvalue weighted by Crippen LogP contribution is 2.33. The van der Waals surface area contributed by atoms with E-state index in [4.69, 9.17) is 0 Å². The predicted octanol–water partition coefficient (Wildman–Crippen LogP) is 5.01. The van der Waals surface area contributed by atoms with Crippen LogP contribution in [0.2, 0.25) is 0 Å². The fourth-order valence-corrected chi connectivity index (χ4v) is 2.93. The molecular weight excluding hydrogens is 242 g/mol. The summed E-state index contributed by atoms with van der Waals surface area (Å²) >= 11 is 0. The zero-order chi connectivity index (χ0) is 14.2. The van der Waals surface area contributed by atoms with Crippen molar-refractivity contribution >= 4 is 5.69 Å². The Bertz CT molecular complexity index is 603. The van der Waals surface area contributed by atoms with Crippen molar-refractivity contribution in [3.8, 4) is 11.1 Å². The minimum Gasteiger partial charge on any atom is -0.385 e. The number of hydrogen-bond donors (Lipinski definition) is 1. The Kier molecular flexibility index (Phi) is 3.29. The summed E-state index contributed by atoms with van der Waals surface area (Å²) in [4.78, 5) is 0. The molecule has 1 nitrogen and oxygen atoms in total. The van der Waals surface area contributed by atoms with Crippen molar-refractivity contribution in [2.45, 2.75) is 39.0 Å². The Morgan fingerprint density at radius 3 is 2.40 bits per heavy atom. The van der Waals surface area contributed by atoms with Gasteiger partial charge in [0.05, 0.1) is 0 Å². The fourth-order valence-electron chi connectivity index (χ4n) is 2.93. The smallest absolute Gasteiger partial charge is 0.0378 e. The molecule has 104 valence electrons. The summed E-state index contributed by atoms with van der Waals surface area (Å²) < 4.78 is 0. The van der Waals surface area contributed by atoms with Gasteiger partial charge >= 0.3 is 0 Å². The van der Waals surface area contributed by atoms with Gasteiger partial charge in [0.2, 0.25) is 0 Å². The van der Waals surface area contributed by atoms with E-state index in [9.17, 15) is 0 Å². The molecule has 0 atom stereocenters. The van der Waals surface area contributed by atoms with Gasteiger partial charge in [0.15, 0.2) is 0 Å². The molecule has 0 spiro atoms. The average Bonchev–Trinajstić information content (AvgIpc) is 2.46. The average molecular weight is 265 g/mol. The van der Waals surface area contributed by atoms with Crippen molar-refractivity contribution in [2.75, 3.05) is 11.9 Å². The van der Waals surface area contributed by atoms with E-state index in [1.54, 1.807) is 0 Å². The van der Waals surface area contributed by atoms with Gasteiger partial charge in [-0.3, -0.25) is 0 Å². The highest BCUT2D eigenvalue weighted by Gasteiger charge is 2.16. The Hall–Kier alpha value is -1.76. The van der Waals surface area contributed by atoms with Crippen molar-refractivity contribution in [1.82, 2.24) is 0 Å². The largest absolute Gasteiger partial charge is 0.385 e. The van der Waals surface area contributed by atoms with Crippen LogP contribution in [0.5, 0.6) is 0 Å². The van der Waals surface area contributed by atoms with Crippen LogP contribution in [-0.4, -0.2) is 6.54 Å². The van der Waals surface area contributed by atoms with E-state index in [-0.39, 0.29) is 5.41 Å². The van der Waals surface area contributed by atoms with Crippen LogP contribution in [0.3, 0.4) is 0 Å². The van der Waals surface area contributed by atoms with Crippen LogP contribution in [0.4, 0.5) is 5.69 Å². The molecule has 3 rings (SSSR count). The van der Waals surface area contributed by atoms with Gasteiger partial charge in [-0.1, -0.05) is 57.2 Å². The quantitative estimate of drug-likeness (QED) is 0.764. The summed E-state index contributed by atoms with van der Waals surface area (Å²) in [5.74, 6) is 0. The second-order valence-electron chi connectivity index (χ2n) is 6.69. The first kappa shape index (κ1) is 13.2. The van der Waals surface area contributed by atoms with E-state index in [1.165, 1.54) is 40.8 Å². The maximum absolute atomic E-state index is 3.51. The molecule has 1 heterocycles. The van der Waals surface area contributed by atoms with Gasteiger partial charge in [-0.2, -0.15) is 0 Å². The molecule has 0 aliphatic carbocycles. The lowest BCUT2D eigenvalue weighted by atomic mass is 9.85. The minimum absolute atomic E-state index is 0.218. The normalized spacial score (nSPS) is 14.6. The molecule has 1 heteroatoms. The molecule has 0 aromatic heterocycles. The fraction of sp³-hybridized carbons (Fsp3) is 0.368. The van der Waals surface area contributed by atoms with Crippen molar-refractivity contribution in [3.63, 3.8) is 0 Å². The summed E-state index contributed by atoms with van der Waals surface area (Å²) in [6.07, 6.45) is 2.41. The van der Waals surface area contributed by atoms with E-state index >= 15 is 0 Å². The molecule has 1 N–H and O–H groups in total. The lowest BCUT2D eigenvalue weighted by Crippen LogP contribution is -2.12. The van der Waals surface area contributed by atoms with Gasteiger partial charge in [0.1, 0.15) is 0 Å². The molecule has 1 aliphatic rings.